The number of carbonyl (C=O) groups is 1. The van der Waals surface area contributed by atoms with E-state index in [1.54, 1.807) is 0 Å². The Kier molecular flexibility index (Phi) is 17.5. The number of carbonyl (C=O) groups excluding carboxylic acids is 1. The third-order valence-corrected chi connectivity index (χ3v) is 4.37. The van der Waals surface area contributed by atoms with E-state index >= 15 is 0 Å². The van der Waals surface area contributed by atoms with Crippen LogP contribution in [0.3, 0.4) is 0 Å². The lowest BCUT2D eigenvalue weighted by Crippen LogP contribution is -2.30. The molecule has 0 bridgehead atoms. The number of ketones is 1. The lowest BCUT2D eigenvalue weighted by molar-refractivity contribution is -0.120. The highest BCUT2D eigenvalue weighted by atomic mass is 16.1. The number of Topliss-reactive ketones (excluding diaryl/α,β-unsaturated/α-hetero) is 1. The Morgan fingerprint density at radius 2 is 1.48 bits per heavy atom. The zero-order valence-electron chi connectivity index (χ0n) is 15.5. The van der Waals surface area contributed by atoms with Crippen LogP contribution >= 0.6 is 0 Å². The molecule has 0 saturated heterocycles. The quantitative estimate of drug-likeness (QED) is 0.336. The van der Waals surface area contributed by atoms with Crippen LogP contribution in [0.2, 0.25) is 0 Å². The summed E-state index contributed by atoms with van der Waals surface area (Å²) in [4.78, 5) is 11.9. The van der Waals surface area contributed by atoms with Gasteiger partial charge >= 0.3 is 0 Å². The minimum absolute atomic E-state index is 0.236. The maximum atomic E-state index is 11.9. The molecule has 0 aromatic rings. The highest BCUT2D eigenvalue weighted by Gasteiger charge is 2.11. The van der Waals surface area contributed by atoms with Gasteiger partial charge in [-0.15, -0.1) is 0 Å². The number of hydrogen-bond donors (Lipinski definition) is 3. The number of unbranched alkanes of at least 4 members (excludes halogenated alkanes) is 8. The van der Waals surface area contributed by atoms with E-state index in [2.05, 4.69) is 12.2 Å². The molecule has 0 amide bonds. The predicted octanol–water partition coefficient (Wildman–Crippen LogP) is 3.52. The standard InChI is InChI=1S/C19H41N3O/c1-2-3-16-22-17-12-8-6-4-5-7-9-14-19(23)18(21)13-10-11-15-20/h18,22H,2-17,20-21H2,1H3/t18-/m1/s1. The fourth-order valence-corrected chi connectivity index (χ4v) is 2.71. The third-order valence-electron chi connectivity index (χ3n) is 4.37. The van der Waals surface area contributed by atoms with Gasteiger partial charge in [0.1, 0.15) is 5.78 Å². The number of rotatable bonds is 18. The molecule has 0 radical (unpaired) electrons. The van der Waals surface area contributed by atoms with Crippen LogP contribution in [-0.4, -0.2) is 31.5 Å². The average molecular weight is 328 g/mol. The van der Waals surface area contributed by atoms with Gasteiger partial charge < -0.3 is 16.8 Å². The molecule has 5 N–H and O–H groups in total. The summed E-state index contributed by atoms with van der Waals surface area (Å²) >= 11 is 0. The Morgan fingerprint density at radius 1 is 0.870 bits per heavy atom. The molecule has 23 heavy (non-hydrogen) atoms. The van der Waals surface area contributed by atoms with Crippen molar-refractivity contribution >= 4 is 5.78 Å². The van der Waals surface area contributed by atoms with Crippen molar-refractivity contribution < 1.29 is 4.79 Å². The summed E-state index contributed by atoms with van der Waals surface area (Å²) < 4.78 is 0. The molecule has 0 heterocycles. The fraction of sp³-hybridized carbons (Fsp3) is 0.947. The van der Waals surface area contributed by atoms with Crippen molar-refractivity contribution in [1.29, 1.82) is 0 Å². The molecule has 0 aliphatic carbocycles. The molecular weight excluding hydrogens is 286 g/mol. The minimum Gasteiger partial charge on any atom is -0.330 e. The molecule has 4 heteroatoms. The molecule has 0 rings (SSSR count). The molecule has 0 spiro atoms. The molecule has 1 atom stereocenters. The Labute approximate surface area is 144 Å². The van der Waals surface area contributed by atoms with Crippen molar-refractivity contribution in [3.8, 4) is 0 Å². The summed E-state index contributed by atoms with van der Waals surface area (Å²) in [5, 5.41) is 3.48. The van der Waals surface area contributed by atoms with Gasteiger partial charge in [0.25, 0.3) is 0 Å². The fourth-order valence-electron chi connectivity index (χ4n) is 2.71. The molecular formula is C19H41N3O. The lowest BCUT2D eigenvalue weighted by Gasteiger charge is -2.10. The van der Waals surface area contributed by atoms with E-state index in [-0.39, 0.29) is 11.8 Å². The molecule has 138 valence electrons. The van der Waals surface area contributed by atoms with Gasteiger partial charge in [0, 0.05) is 6.42 Å². The summed E-state index contributed by atoms with van der Waals surface area (Å²) in [7, 11) is 0. The van der Waals surface area contributed by atoms with Gasteiger partial charge in [0.15, 0.2) is 0 Å². The van der Waals surface area contributed by atoms with Gasteiger partial charge in [-0.05, 0) is 51.7 Å². The van der Waals surface area contributed by atoms with Gasteiger partial charge in [-0.3, -0.25) is 4.79 Å². The van der Waals surface area contributed by atoms with E-state index in [0.29, 0.717) is 13.0 Å². The smallest absolute Gasteiger partial charge is 0.149 e. The molecule has 0 saturated carbocycles. The second kappa shape index (κ2) is 17.9. The van der Waals surface area contributed by atoms with Crippen molar-refractivity contribution in [2.45, 2.75) is 96.4 Å². The Balaban J connectivity index is 3.24. The maximum absolute atomic E-state index is 11.9. The summed E-state index contributed by atoms with van der Waals surface area (Å²) in [6.45, 7) is 5.25. The SMILES string of the molecule is CCCCNCCCCCCCCCC(=O)[C@H](N)CCCCN. The second-order valence-electron chi connectivity index (χ2n) is 6.69. The molecule has 0 aromatic heterocycles. The van der Waals surface area contributed by atoms with Gasteiger partial charge in [0.05, 0.1) is 6.04 Å². The largest absolute Gasteiger partial charge is 0.330 e. The van der Waals surface area contributed by atoms with Crippen LogP contribution in [0.4, 0.5) is 0 Å². The van der Waals surface area contributed by atoms with Crippen LogP contribution in [0.15, 0.2) is 0 Å². The van der Waals surface area contributed by atoms with Gasteiger partial charge in [-0.25, -0.2) is 0 Å². The van der Waals surface area contributed by atoms with Crippen molar-refractivity contribution in [3.05, 3.63) is 0 Å². The van der Waals surface area contributed by atoms with Crippen molar-refractivity contribution in [1.82, 2.24) is 5.32 Å². The number of nitrogens with two attached hydrogens (primary N) is 2. The molecule has 0 aliphatic heterocycles. The Morgan fingerprint density at radius 3 is 2.13 bits per heavy atom. The lowest BCUT2D eigenvalue weighted by atomic mass is 10.0. The van der Waals surface area contributed by atoms with Gasteiger partial charge in [-0.1, -0.05) is 51.9 Å². The topological polar surface area (TPSA) is 81.1 Å². The van der Waals surface area contributed by atoms with E-state index in [1.165, 1.54) is 51.5 Å². The van der Waals surface area contributed by atoms with Gasteiger partial charge in [0.2, 0.25) is 0 Å². The maximum Gasteiger partial charge on any atom is 0.149 e. The average Bonchev–Trinajstić information content (AvgIpc) is 2.55. The van der Waals surface area contributed by atoms with Crippen molar-refractivity contribution in [2.75, 3.05) is 19.6 Å². The highest BCUT2D eigenvalue weighted by molar-refractivity contribution is 5.83. The Bertz CT molecular complexity index is 259. The van der Waals surface area contributed by atoms with E-state index in [1.807, 2.05) is 0 Å². The summed E-state index contributed by atoms with van der Waals surface area (Å²) in [6, 6.07) is -0.262. The zero-order valence-corrected chi connectivity index (χ0v) is 15.5. The second-order valence-corrected chi connectivity index (χ2v) is 6.69. The highest BCUT2D eigenvalue weighted by Crippen LogP contribution is 2.10. The predicted molar refractivity (Wildman–Crippen MR) is 101 cm³/mol. The number of hydrogen-bond acceptors (Lipinski definition) is 4. The van der Waals surface area contributed by atoms with Crippen LogP contribution < -0.4 is 16.8 Å². The van der Waals surface area contributed by atoms with Crippen LogP contribution in [0.25, 0.3) is 0 Å². The first-order valence-electron chi connectivity index (χ1n) is 9.91. The monoisotopic (exact) mass is 327 g/mol. The van der Waals surface area contributed by atoms with Crippen LogP contribution in [0, 0.1) is 0 Å². The molecule has 0 aliphatic rings. The molecule has 4 nitrogen and oxygen atoms in total. The minimum atomic E-state index is -0.262. The number of nitrogens with one attached hydrogen (secondary N) is 1. The summed E-state index contributed by atoms with van der Waals surface area (Å²) in [6.07, 6.45) is 14.6. The van der Waals surface area contributed by atoms with Crippen LogP contribution in [0.1, 0.15) is 90.4 Å². The van der Waals surface area contributed by atoms with Crippen LogP contribution in [0.5, 0.6) is 0 Å². The first-order chi connectivity index (χ1) is 11.2. The summed E-state index contributed by atoms with van der Waals surface area (Å²) in [5.74, 6) is 0.236. The van der Waals surface area contributed by atoms with Crippen LogP contribution in [-0.2, 0) is 4.79 Å². The molecule has 0 aromatic carbocycles. The van der Waals surface area contributed by atoms with E-state index in [9.17, 15) is 4.79 Å². The van der Waals surface area contributed by atoms with Gasteiger partial charge in [-0.2, -0.15) is 0 Å². The normalized spacial score (nSPS) is 12.5. The third kappa shape index (κ3) is 16.2. The van der Waals surface area contributed by atoms with E-state index in [4.69, 9.17) is 11.5 Å². The summed E-state index contributed by atoms with van der Waals surface area (Å²) in [5.41, 5.74) is 11.3. The first-order valence-corrected chi connectivity index (χ1v) is 9.91. The van der Waals surface area contributed by atoms with Crippen molar-refractivity contribution in [2.24, 2.45) is 11.5 Å². The van der Waals surface area contributed by atoms with E-state index < -0.39 is 0 Å². The molecule has 0 unspecified atom stereocenters. The molecule has 0 fully saturated rings. The zero-order chi connectivity index (χ0) is 17.2. The van der Waals surface area contributed by atoms with Crippen molar-refractivity contribution in [3.63, 3.8) is 0 Å². The Hall–Kier alpha value is -0.450. The first kappa shape index (κ1) is 22.6. The van der Waals surface area contributed by atoms with E-state index in [0.717, 1.165) is 38.6 Å².